The molecule has 0 spiro atoms. The SMILES string of the molecule is CC(C)N1CCC(C(=O)Nc2ccc(C3CCN(C(=O)/C=C/c4ccc(OC(F)(F)F)cc4)CC3)cc2)CC1. The molecule has 0 saturated carbocycles. The number of nitrogens with one attached hydrogen (secondary N) is 1. The van der Waals surface area contributed by atoms with Crippen LogP contribution in [0.4, 0.5) is 18.9 Å². The van der Waals surface area contributed by atoms with Gasteiger partial charge in [-0.1, -0.05) is 24.3 Å². The van der Waals surface area contributed by atoms with Gasteiger partial charge in [0.25, 0.3) is 0 Å². The van der Waals surface area contributed by atoms with Crippen LogP contribution in [0.2, 0.25) is 0 Å². The van der Waals surface area contributed by atoms with Crippen molar-refractivity contribution in [3.05, 3.63) is 65.7 Å². The fraction of sp³-hybridized carbons (Fsp3) is 0.467. The Hall–Kier alpha value is -3.33. The molecule has 210 valence electrons. The van der Waals surface area contributed by atoms with Crippen molar-refractivity contribution in [2.24, 2.45) is 5.92 Å². The van der Waals surface area contributed by atoms with Crippen LogP contribution in [0.15, 0.2) is 54.6 Å². The number of alkyl halides is 3. The van der Waals surface area contributed by atoms with E-state index in [0.29, 0.717) is 30.6 Å². The summed E-state index contributed by atoms with van der Waals surface area (Å²) in [5, 5.41) is 3.07. The molecule has 4 rings (SSSR count). The van der Waals surface area contributed by atoms with Gasteiger partial charge in [-0.25, -0.2) is 0 Å². The molecule has 39 heavy (non-hydrogen) atoms. The number of benzene rings is 2. The van der Waals surface area contributed by atoms with E-state index in [1.807, 2.05) is 12.1 Å². The zero-order valence-electron chi connectivity index (χ0n) is 22.4. The van der Waals surface area contributed by atoms with Crippen LogP contribution >= 0.6 is 0 Å². The van der Waals surface area contributed by atoms with E-state index < -0.39 is 6.36 Å². The van der Waals surface area contributed by atoms with Crippen LogP contribution in [0.25, 0.3) is 6.08 Å². The highest BCUT2D eigenvalue weighted by Crippen LogP contribution is 2.30. The predicted octanol–water partition coefficient (Wildman–Crippen LogP) is 6.06. The summed E-state index contributed by atoms with van der Waals surface area (Å²) in [4.78, 5) is 29.5. The van der Waals surface area contributed by atoms with Gasteiger partial charge < -0.3 is 19.9 Å². The van der Waals surface area contributed by atoms with E-state index in [-0.39, 0.29) is 23.5 Å². The Morgan fingerprint density at radius 1 is 0.923 bits per heavy atom. The Kier molecular flexibility index (Phi) is 9.32. The highest BCUT2D eigenvalue weighted by atomic mass is 19.4. The molecule has 2 aromatic carbocycles. The Bertz CT molecular complexity index is 1130. The normalized spacial score (nSPS) is 18.1. The van der Waals surface area contributed by atoms with Crippen molar-refractivity contribution in [3.8, 4) is 5.75 Å². The molecule has 0 bridgehead atoms. The molecule has 2 saturated heterocycles. The number of ether oxygens (including phenoxy) is 1. The number of hydrogen-bond acceptors (Lipinski definition) is 4. The quantitative estimate of drug-likeness (QED) is 0.431. The fourth-order valence-electron chi connectivity index (χ4n) is 5.25. The molecule has 2 aliphatic rings. The lowest BCUT2D eigenvalue weighted by Crippen LogP contribution is -2.41. The standard InChI is InChI=1S/C30H36F3N3O3/c1-21(2)35-17-15-25(16-18-35)29(38)34-26-8-6-23(7-9-26)24-13-19-36(20-14-24)28(37)12-5-22-3-10-27(11-4-22)39-30(31,32)33/h3-12,21,24-25H,13-20H2,1-2H3,(H,34,38)/b12-5+. The molecule has 2 heterocycles. The molecule has 2 aromatic rings. The lowest BCUT2D eigenvalue weighted by atomic mass is 9.89. The minimum atomic E-state index is -4.73. The van der Waals surface area contributed by atoms with Gasteiger partial charge in [0.15, 0.2) is 0 Å². The minimum absolute atomic E-state index is 0.0540. The van der Waals surface area contributed by atoms with Crippen LogP contribution in [0.3, 0.4) is 0 Å². The summed E-state index contributed by atoms with van der Waals surface area (Å²) in [5.74, 6) is 0.0616. The molecule has 6 nitrogen and oxygen atoms in total. The van der Waals surface area contributed by atoms with E-state index in [0.717, 1.165) is 44.5 Å². The first-order valence-electron chi connectivity index (χ1n) is 13.5. The second-order valence-corrected chi connectivity index (χ2v) is 10.6. The summed E-state index contributed by atoms with van der Waals surface area (Å²) in [6, 6.07) is 13.9. The molecule has 2 amide bonds. The van der Waals surface area contributed by atoms with Crippen molar-refractivity contribution in [2.45, 2.75) is 57.9 Å². The summed E-state index contributed by atoms with van der Waals surface area (Å²) < 4.78 is 40.7. The van der Waals surface area contributed by atoms with Crippen LogP contribution in [0.5, 0.6) is 5.75 Å². The van der Waals surface area contributed by atoms with Crippen molar-refractivity contribution in [1.82, 2.24) is 9.80 Å². The molecular formula is C30H36F3N3O3. The third-order valence-electron chi connectivity index (χ3n) is 7.62. The Morgan fingerprint density at radius 3 is 2.10 bits per heavy atom. The van der Waals surface area contributed by atoms with Gasteiger partial charge in [-0.3, -0.25) is 9.59 Å². The Morgan fingerprint density at radius 2 is 1.54 bits per heavy atom. The fourth-order valence-corrected chi connectivity index (χ4v) is 5.25. The second kappa shape index (κ2) is 12.7. The number of rotatable bonds is 7. The summed E-state index contributed by atoms with van der Waals surface area (Å²) in [6.07, 6.45) is 1.75. The van der Waals surface area contributed by atoms with Gasteiger partial charge in [-0.15, -0.1) is 13.2 Å². The number of amides is 2. The number of hydrogen-bond donors (Lipinski definition) is 1. The maximum Gasteiger partial charge on any atom is 0.573 e. The number of piperidine rings is 2. The first-order chi connectivity index (χ1) is 18.6. The first-order valence-corrected chi connectivity index (χ1v) is 13.5. The number of carbonyl (C=O) groups is 2. The topological polar surface area (TPSA) is 61.9 Å². The van der Waals surface area contributed by atoms with Gasteiger partial charge in [0.05, 0.1) is 0 Å². The van der Waals surface area contributed by atoms with Gasteiger partial charge >= 0.3 is 6.36 Å². The highest BCUT2D eigenvalue weighted by molar-refractivity contribution is 5.93. The maximum absolute atomic E-state index is 12.7. The third kappa shape index (κ3) is 8.33. The van der Waals surface area contributed by atoms with E-state index in [4.69, 9.17) is 0 Å². The van der Waals surface area contributed by atoms with Crippen LogP contribution in [0, 0.1) is 5.92 Å². The van der Waals surface area contributed by atoms with Gasteiger partial charge in [0.1, 0.15) is 5.75 Å². The predicted molar refractivity (Wildman–Crippen MR) is 145 cm³/mol. The Balaban J connectivity index is 1.22. The lowest BCUT2D eigenvalue weighted by molar-refractivity contribution is -0.274. The zero-order valence-corrected chi connectivity index (χ0v) is 22.4. The molecule has 1 N–H and O–H groups in total. The number of halogens is 3. The molecule has 0 aliphatic carbocycles. The van der Waals surface area contributed by atoms with Crippen molar-refractivity contribution in [1.29, 1.82) is 0 Å². The average molecular weight is 544 g/mol. The number of nitrogens with zero attached hydrogens (tertiary/aromatic N) is 2. The number of anilines is 1. The molecule has 2 aliphatic heterocycles. The van der Waals surface area contributed by atoms with Crippen molar-refractivity contribution in [2.75, 3.05) is 31.5 Å². The molecule has 0 unspecified atom stereocenters. The van der Waals surface area contributed by atoms with E-state index in [2.05, 4.69) is 40.9 Å². The maximum atomic E-state index is 12.7. The highest BCUT2D eigenvalue weighted by Gasteiger charge is 2.31. The lowest BCUT2D eigenvalue weighted by Gasteiger charge is -2.34. The van der Waals surface area contributed by atoms with E-state index >= 15 is 0 Å². The number of likely N-dealkylation sites (tertiary alicyclic amines) is 2. The number of carbonyl (C=O) groups excluding carboxylic acids is 2. The molecule has 0 atom stereocenters. The smallest absolute Gasteiger partial charge is 0.406 e. The van der Waals surface area contributed by atoms with Crippen LogP contribution in [-0.2, 0) is 9.59 Å². The van der Waals surface area contributed by atoms with E-state index in [1.165, 1.54) is 35.9 Å². The largest absolute Gasteiger partial charge is 0.573 e. The molecule has 0 aromatic heterocycles. The van der Waals surface area contributed by atoms with Crippen molar-refractivity contribution >= 4 is 23.6 Å². The van der Waals surface area contributed by atoms with Gasteiger partial charge in [0, 0.05) is 36.8 Å². The van der Waals surface area contributed by atoms with E-state index in [1.54, 1.807) is 11.0 Å². The summed E-state index contributed by atoms with van der Waals surface area (Å²) in [5.41, 5.74) is 2.62. The molecule has 9 heteroatoms. The Labute approximate surface area is 227 Å². The van der Waals surface area contributed by atoms with Gasteiger partial charge in [0.2, 0.25) is 11.8 Å². The van der Waals surface area contributed by atoms with Crippen LogP contribution < -0.4 is 10.1 Å². The summed E-state index contributed by atoms with van der Waals surface area (Å²) in [6.45, 7) is 7.54. The van der Waals surface area contributed by atoms with Crippen molar-refractivity contribution < 1.29 is 27.5 Å². The van der Waals surface area contributed by atoms with Gasteiger partial charge in [-0.2, -0.15) is 0 Å². The molecule has 2 fully saturated rings. The van der Waals surface area contributed by atoms with Gasteiger partial charge in [-0.05, 0) is 100 Å². The second-order valence-electron chi connectivity index (χ2n) is 10.6. The zero-order chi connectivity index (χ0) is 28.0. The van der Waals surface area contributed by atoms with E-state index in [9.17, 15) is 22.8 Å². The molecular weight excluding hydrogens is 507 g/mol. The summed E-state index contributed by atoms with van der Waals surface area (Å²) in [7, 11) is 0. The summed E-state index contributed by atoms with van der Waals surface area (Å²) >= 11 is 0. The van der Waals surface area contributed by atoms with Crippen LogP contribution in [-0.4, -0.2) is 60.2 Å². The first kappa shape index (κ1) is 28.7. The average Bonchev–Trinajstić information content (AvgIpc) is 2.92. The third-order valence-corrected chi connectivity index (χ3v) is 7.62. The minimum Gasteiger partial charge on any atom is -0.406 e. The molecule has 0 radical (unpaired) electrons. The van der Waals surface area contributed by atoms with Crippen molar-refractivity contribution in [3.63, 3.8) is 0 Å². The van der Waals surface area contributed by atoms with Crippen LogP contribution in [0.1, 0.15) is 56.6 Å². The monoisotopic (exact) mass is 543 g/mol.